The summed E-state index contributed by atoms with van der Waals surface area (Å²) in [6.45, 7) is 13.4. The van der Waals surface area contributed by atoms with Gasteiger partial charge in [0.05, 0.1) is 5.60 Å². The molecule has 2 aliphatic rings. The van der Waals surface area contributed by atoms with Crippen LogP contribution in [0.3, 0.4) is 0 Å². The average Bonchev–Trinajstić information content (AvgIpc) is 2.75. The van der Waals surface area contributed by atoms with Crippen molar-refractivity contribution in [3.8, 4) is 0 Å². The standard InChI is InChI=1S/C20H34O2Si/c1-15(9-7-13-19(2,3)22-23(5)6)16-11-12-17-18(21)10-8-14-20(16,17)4/h7,11,13,15,17,23H,8-10,12,14H2,1-6H3/t15-,17?,20-/m1/s1. The molecule has 0 aromatic rings. The highest BCUT2D eigenvalue weighted by Crippen LogP contribution is 2.53. The van der Waals surface area contributed by atoms with Crippen molar-refractivity contribution in [3.05, 3.63) is 23.8 Å². The number of rotatable bonds is 6. The van der Waals surface area contributed by atoms with Gasteiger partial charge < -0.3 is 4.43 Å². The molecular formula is C20H34O2Si. The van der Waals surface area contributed by atoms with Gasteiger partial charge in [0.2, 0.25) is 0 Å². The summed E-state index contributed by atoms with van der Waals surface area (Å²) in [5.41, 5.74) is 1.49. The quantitative estimate of drug-likeness (QED) is 0.502. The Labute approximate surface area is 144 Å². The molecule has 1 fully saturated rings. The smallest absolute Gasteiger partial charge is 0.172 e. The van der Waals surface area contributed by atoms with Gasteiger partial charge in [-0.25, -0.2) is 0 Å². The third kappa shape index (κ3) is 4.24. The van der Waals surface area contributed by atoms with Crippen LogP contribution in [-0.2, 0) is 9.22 Å². The SMILES string of the molecule is C[C@H](CC=CC(C)(C)O[SiH](C)C)C1=CCC2C(=O)CCC[C@]12C. The van der Waals surface area contributed by atoms with Crippen LogP contribution in [0.4, 0.5) is 0 Å². The second-order valence-corrected chi connectivity index (χ2v) is 10.8. The van der Waals surface area contributed by atoms with Crippen molar-refractivity contribution in [1.82, 2.24) is 0 Å². The maximum Gasteiger partial charge on any atom is 0.172 e. The van der Waals surface area contributed by atoms with Crippen LogP contribution in [0.1, 0.15) is 59.8 Å². The van der Waals surface area contributed by atoms with Crippen LogP contribution >= 0.6 is 0 Å². The molecule has 0 bridgehead atoms. The molecule has 0 aliphatic heterocycles. The van der Waals surface area contributed by atoms with Crippen LogP contribution in [-0.4, -0.2) is 20.4 Å². The van der Waals surface area contributed by atoms with Gasteiger partial charge in [0, 0.05) is 12.3 Å². The van der Waals surface area contributed by atoms with Crippen molar-refractivity contribution in [2.75, 3.05) is 0 Å². The van der Waals surface area contributed by atoms with Crippen LogP contribution in [0.5, 0.6) is 0 Å². The van der Waals surface area contributed by atoms with Gasteiger partial charge in [0.25, 0.3) is 0 Å². The number of Topliss-reactive ketones (excluding diaryl/α,β-unsaturated/α-hetero) is 1. The van der Waals surface area contributed by atoms with Gasteiger partial charge in [-0.05, 0) is 64.0 Å². The van der Waals surface area contributed by atoms with Crippen molar-refractivity contribution >= 4 is 14.8 Å². The minimum atomic E-state index is -1.02. The fraction of sp³-hybridized carbons (Fsp3) is 0.750. The molecule has 2 rings (SSSR count). The predicted octanol–water partition coefficient (Wildman–Crippen LogP) is 5.05. The number of ketones is 1. The van der Waals surface area contributed by atoms with Gasteiger partial charge in [0.1, 0.15) is 5.78 Å². The van der Waals surface area contributed by atoms with Crippen LogP contribution in [0.2, 0.25) is 13.1 Å². The summed E-state index contributed by atoms with van der Waals surface area (Å²) in [5, 5.41) is 0. The van der Waals surface area contributed by atoms with E-state index < -0.39 is 9.04 Å². The molecule has 0 amide bonds. The number of hydrogen-bond acceptors (Lipinski definition) is 2. The van der Waals surface area contributed by atoms with Gasteiger partial charge in [-0.3, -0.25) is 4.79 Å². The Morgan fingerprint density at radius 1 is 1.48 bits per heavy atom. The van der Waals surface area contributed by atoms with E-state index in [1.807, 2.05) is 0 Å². The maximum atomic E-state index is 12.2. The van der Waals surface area contributed by atoms with E-state index in [9.17, 15) is 4.79 Å². The second kappa shape index (κ2) is 7.06. The molecule has 23 heavy (non-hydrogen) atoms. The lowest BCUT2D eigenvalue weighted by molar-refractivity contribution is -0.128. The molecule has 1 saturated carbocycles. The Bertz CT molecular complexity index is 504. The maximum absolute atomic E-state index is 12.2. The zero-order chi connectivity index (χ0) is 17.3. The summed E-state index contributed by atoms with van der Waals surface area (Å²) in [6.07, 6.45) is 11.9. The van der Waals surface area contributed by atoms with E-state index in [1.54, 1.807) is 0 Å². The van der Waals surface area contributed by atoms with Crippen molar-refractivity contribution < 1.29 is 9.22 Å². The van der Waals surface area contributed by atoms with E-state index in [4.69, 9.17) is 4.43 Å². The monoisotopic (exact) mass is 334 g/mol. The summed E-state index contributed by atoms with van der Waals surface area (Å²) in [4.78, 5) is 12.2. The van der Waals surface area contributed by atoms with Crippen LogP contribution in [0.15, 0.2) is 23.8 Å². The normalized spacial score (nSPS) is 30.0. The fourth-order valence-corrected chi connectivity index (χ4v) is 5.94. The van der Waals surface area contributed by atoms with Gasteiger partial charge in [-0.2, -0.15) is 0 Å². The van der Waals surface area contributed by atoms with Crippen LogP contribution in [0.25, 0.3) is 0 Å². The van der Waals surface area contributed by atoms with E-state index in [0.717, 1.165) is 25.7 Å². The van der Waals surface area contributed by atoms with Crippen molar-refractivity contribution in [2.45, 2.75) is 78.5 Å². The number of allylic oxidation sites excluding steroid dienone is 3. The first kappa shape index (κ1) is 18.7. The molecule has 130 valence electrons. The van der Waals surface area contributed by atoms with E-state index >= 15 is 0 Å². The third-order valence-electron chi connectivity index (χ3n) is 5.59. The van der Waals surface area contributed by atoms with Gasteiger partial charge in [0.15, 0.2) is 9.04 Å². The van der Waals surface area contributed by atoms with E-state index in [-0.39, 0.29) is 16.9 Å². The molecule has 0 radical (unpaired) electrons. The molecule has 0 N–H and O–H groups in total. The summed E-state index contributed by atoms with van der Waals surface area (Å²) >= 11 is 0. The summed E-state index contributed by atoms with van der Waals surface area (Å²) in [6, 6.07) is 0. The first-order valence-electron chi connectivity index (χ1n) is 9.24. The summed E-state index contributed by atoms with van der Waals surface area (Å²) in [7, 11) is -1.02. The highest BCUT2D eigenvalue weighted by atomic mass is 28.3. The minimum absolute atomic E-state index is 0.124. The van der Waals surface area contributed by atoms with E-state index in [1.165, 1.54) is 12.0 Å². The lowest BCUT2D eigenvalue weighted by Crippen LogP contribution is -2.36. The Balaban J connectivity index is 1.99. The first-order chi connectivity index (χ1) is 10.7. The molecule has 0 aromatic heterocycles. The van der Waals surface area contributed by atoms with E-state index in [0.29, 0.717) is 11.7 Å². The number of carbonyl (C=O) groups excluding carboxylic acids is 1. The molecule has 0 heterocycles. The second-order valence-electron chi connectivity index (χ2n) is 8.49. The highest BCUT2D eigenvalue weighted by Gasteiger charge is 2.47. The molecule has 0 aromatic carbocycles. The lowest BCUT2D eigenvalue weighted by Gasteiger charge is -2.40. The third-order valence-corrected chi connectivity index (χ3v) is 6.67. The molecule has 0 spiro atoms. The molecule has 2 nitrogen and oxygen atoms in total. The Hall–Kier alpha value is -0.673. The fourth-order valence-electron chi connectivity index (χ4n) is 4.64. The first-order valence-corrected chi connectivity index (χ1v) is 12.0. The van der Waals surface area contributed by atoms with Gasteiger partial charge in [-0.1, -0.05) is 37.6 Å². The molecule has 3 atom stereocenters. The molecule has 0 saturated heterocycles. The molecule has 1 unspecified atom stereocenters. The van der Waals surface area contributed by atoms with Crippen molar-refractivity contribution in [2.24, 2.45) is 17.3 Å². The zero-order valence-corrected chi connectivity index (χ0v) is 17.0. The lowest BCUT2D eigenvalue weighted by atomic mass is 9.63. The summed E-state index contributed by atoms with van der Waals surface area (Å²) < 4.78 is 6.06. The molecule has 2 aliphatic carbocycles. The van der Waals surface area contributed by atoms with Crippen molar-refractivity contribution in [1.29, 1.82) is 0 Å². The minimum Gasteiger partial charge on any atom is -0.412 e. The highest BCUT2D eigenvalue weighted by molar-refractivity contribution is 6.48. The Kier molecular flexibility index (Phi) is 5.73. The molecule has 3 heteroatoms. The zero-order valence-electron chi connectivity index (χ0n) is 15.8. The van der Waals surface area contributed by atoms with Crippen LogP contribution < -0.4 is 0 Å². The van der Waals surface area contributed by atoms with E-state index in [2.05, 4.69) is 59.0 Å². The number of fused-ring (bicyclic) bond motifs is 1. The van der Waals surface area contributed by atoms with Gasteiger partial charge in [-0.15, -0.1) is 0 Å². The van der Waals surface area contributed by atoms with Crippen LogP contribution in [0, 0.1) is 17.3 Å². The topological polar surface area (TPSA) is 26.3 Å². The predicted molar refractivity (Wildman–Crippen MR) is 100 cm³/mol. The average molecular weight is 335 g/mol. The molecular weight excluding hydrogens is 300 g/mol. The van der Waals surface area contributed by atoms with Crippen molar-refractivity contribution in [3.63, 3.8) is 0 Å². The number of hydrogen-bond donors (Lipinski definition) is 0. The Morgan fingerprint density at radius 3 is 2.83 bits per heavy atom. The van der Waals surface area contributed by atoms with Gasteiger partial charge >= 0.3 is 0 Å². The largest absolute Gasteiger partial charge is 0.412 e. The Morgan fingerprint density at radius 2 is 2.17 bits per heavy atom. The number of carbonyl (C=O) groups is 1. The summed E-state index contributed by atoms with van der Waals surface area (Å²) in [5.74, 6) is 1.26.